The number of ketones is 1. The Balaban J connectivity index is 2.00. The zero-order valence-electron chi connectivity index (χ0n) is 12.6. The number of nitrogens with zero attached hydrogens (tertiary/aromatic N) is 4. The molecule has 0 spiro atoms. The van der Waals surface area contributed by atoms with E-state index in [0.717, 1.165) is 30.0 Å². The van der Waals surface area contributed by atoms with Crippen molar-refractivity contribution in [3.05, 3.63) is 47.9 Å². The van der Waals surface area contributed by atoms with Gasteiger partial charge >= 0.3 is 0 Å². The van der Waals surface area contributed by atoms with Crippen molar-refractivity contribution in [3.63, 3.8) is 0 Å². The molecule has 3 rings (SSSR count). The van der Waals surface area contributed by atoms with Gasteiger partial charge in [-0.25, -0.2) is 4.98 Å². The van der Waals surface area contributed by atoms with E-state index in [9.17, 15) is 4.79 Å². The number of aryl methyl sites for hydroxylation is 1. The minimum atomic E-state index is 0.0379. The third kappa shape index (κ3) is 2.81. The van der Waals surface area contributed by atoms with Crippen LogP contribution in [0.4, 0.5) is 11.5 Å². The molecule has 1 N–H and O–H groups in total. The molecule has 0 saturated heterocycles. The van der Waals surface area contributed by atoms with E-state index in [1.807, 2.05) is 24.3 Å². The van der Waals surface area contributed by atoms with Crippen LogP contribution in [-0.4, -0.2) is 25.4 Å². The Morgan fingerprint density at radius 3 is 2.95 bits per heavy atom. The van der Waals surface area contributed by atoms with Crippen molar-refractivity contribution in [2.45, 2.75) is 26.7 Å². The van der Waals surface area contributed by atoms with Crippen LogP contribution < -0.4 is 5.32 Å². The minimum Gasteiger partial charge on any atom is -0.340 e. The van der Waals surface area contributed by atoms with E-state index in [4.69, 9.17) is 0 Å². The number of hydrogen-bond donors (Lipinski definition) is 1. The summed E-state index contributed by atoms with van der Waals surface area (Å²) in [6.45, 7) is 3.67. The van der Waals surface area contributed by atoms with Crippen LogP contribution >= 0.6 is 0 Å². The van der Waals surface area contributed by atoms with Crippen LogP contribution in [0.2, 0.25) is 0 Å². The van der Waals surface area contributed by atoms with E-state index < -0.39 is 0 Å². The van der Waals surface area contributed by atoms with Crippen LogP contribution in [0.3, 0.4) is 0 Å². The number of Topliss-reactive ketones (excluding diaryl/α,β-unsaturated/α-hetero) is 1. The summed E-state index contributed by atoms with van der Waals surface area (Å²) in [6, 6.07) is 9.35. The molecule has 0 radical (unpaired) electrons. The zero-order valence-corrected chi connectivity index (χ0v) is 12.6. The highest BCUT2D eigenvalue weighted by Crippen LogP contribution is 2.19. The number of carbonyl (C=O) groups excluding carboxylic acids is 1. The lowest BCUT2D eigenvalue weighted by atomic mass is 10.1. The summed E-state index contributed by atoms with van der Waals surface area (Å²) < 4.78 is 1.65. The maximum Gasteiger partial charge on any atom is 0.254 e. The lowest BCUT2D eigenvalue weighted by molar-refractivity contribution is 0.101. The first-order chi connectivity index (χ1) is 10.7. The molecule has 0 fully saturated rings. The second-order valence-corrected chi connectivity index (χ2v) is 5.12. The molecule has 2 aromatic heterocycles. The zero-order chi connectivity index (χ0) is 15.5. The third-order valence-corrected chi connectivity index (χ3v) is 3.35. The van der Waals surface area contributed by atoms with Gasteiger partial charge in [-0.2, -0.15) is 14.6 Å². The van der Waals surface area contributed by atoms with E-state index in [2.05, 4.69) is 27.3 Å². The summed E-state index contributed by atoms with van der Waals surface area (Å²) in [6.07, 6.45) is 3.37. The molecule has 6 nitrogen and oxygen atoms in total. The van der Waals surface area contributed by atoms with E-state index in [1.165, 1.54) is 6.33 Å². The van der Waals surface area contributed by atoms with Gasteiger partial charge in [-0.15, -0.1) is 0 Å². The second kappa shape index (κ2) is 5.93. The van der Waals surface area contributed by atoms with Gasteiger partial charge in [0.05, 0.1) is 0 Å². The largest absolute Gasteiger partial charge is 0.340 e. The van der Waals surface area contributed by atoms with E-state index in [0.29, 0.717) is 11.3 Å². The number of hydrogen-bond acceptors (Lipinski definition) is 5. The molecule has 0 saturated carbocycles. The summed E-state index contributed by atoms with van der Waals surface area (Å²) in [5.41, 5.74) is 2.47. The third-order valence-electron chi connectivity index (χ3n) is 3.35. The molecule has 1 aromatic carbocycles. The summed E-state index contributed by atoms with van der Waals surface area (Å²) >= 11 is 0. The fourth-order valence-corrected chi connectivity index (χ4v) is 2.30. The Morgan fingerprint density at radius 2 is 2.18 bits per heavy atom. The van der Waals surface area contributed by atoms with Crippen LogP contribution in [0, 0.1) is 0 Å². The van der Waals surface area contributed by atoms with Gasteiger partial charge in [0.15, 0.2) is 5.78 Å². The van der Waals surface area contributed by atoms with Crippen molar-refractivity contribution in [1.82, 2.24) is 19.6 Å². The maximum atomic E-state index is 11.5. The molecule has 2 heterocycles. The van der Waals surface area contributed by atoms with Gasteiger partial charge in [0.2, 0.25) is 0 Å². The first kappa shape index (κ1) is 14.2. The molecular weight excluding hydrogens is 278 g/mol. The van der Waals surface area contributed by atoms with Gasteiger partial charge in [0.25, 0.3) is 5.78 Å². The Morgan fingerprint density at radius 1 is 1.32 bits per heavy atom. The Labute approximate surface area is 128 Å². The normalized spacial score (nSPS) is 10.8. The fourth-order valence-electron chi connectivity index (χ4n) is 2.30. The monoisotopic (exact) mass is 295 g/mol. The number of benzene rings is 1. The van der Waals surface area contributed by atoms with Gasteiger partial charge in [-0.3, -0.25) is 4.79 Å². The van der Waals surface area contributed by atoms with Crippen molar-refractivity contribution in [3.8, 4) is 0 Å². The molecular formula is C16H17N5O. The van der Waals surface area contributed by atoms with Gasteiger partial charge in [0.1, 0.15) is 12.1 Å². The first-order valence-electron chi connectivity index (χ1n) is 7.25. The summed E-state index contributed by atoms with van der Waals surface area (Å²) in [7, 11) is 0. The highest BCUT2D eigenvalue weighted by Gasteiger charge is 2.08. The van der Waals surface area contributed by atoms with Crippen LogP contribution in [-0.2, 0) is 6.42 Å². The maximum absolute atomic E-state index is 11.5. The molecule has 0 atom stereocenters. The van der Waals surface area contributed by atoms with Crippen LogP contribution in [0.1, 0.15) is 36.3 Å². The van der Waals surface area contributed by atoms with Crippen LogP contribution in [0.5, 0.6) is 0 Å². The van der Waals surface area contributed by atoms with Gasteiger partial charge in [-0.1, -0.05) is 25.5 Å². The minimum absolute atomic E-state index is 0.0379. The molecule has 0 amide bonds. The van der Waals surface area contributed by atoms with E-state index in [1.54, 1.807) is 17.5 Å². The highest BCUT2D eigenvalue weighted by molar-refractivity contribution is 5.95. The van der Waals surface area contributed by atoms with Crippen molar-refractivity contribution in [2.75, 3.05) is 5.32 Å². The second-order valence-electron chi connectivity index (χ2n) is 5.12. The topological polar surface area (TPSA) is 72.2 Å². The standard InChI is InChI=1S/C16H17N5O/c1-3-5-13-9-15(21-16(20-13)17-10-18-21)19-14-7-4-6-12(8-14)11(2)22/h4,6-10,19H,3,5H2,1-2H3. The molecule has 0 aliphatic rings. The van der Waals surface area contributed by atoms with Gasteiger partial charge in [0, 0.05) is 23.0 Å². The first-order valence-corrected chi connectivity index (χ1v) is 7.25. The summed E-state index contributed by atoms with van der Waals surface area (Å²) in [5, 5.41) is 7.48. The van der Waals surface area contributed by atoms with Crippen molar-refractivity contribution in [2.24, 2.45) is 0 Å². The van der Waals surface area contributed by atoms with Crippen LogP contribution in [0.15, 0.2) is 36.7 Å². The molecule has 0 aliphatic carbocycles. The lowest BCUT2D eigenvalue weighted by Crippen LogP contribution is -2.04. The van der Waals surface area contributed by atoms with E-state index >= 15 is 0 Å². The quantitative estimate of drug-likeness (QED) is 0.732. The smallest absolute Gasteiger partial charge is 0.254 e. The predicted octanol–water partition coefficient (Wildman–Crippen LogP) is 3.02. The van der Waals surface area contributed by atoms with Crippen molar-refractivity contribution < 1.29 is 4.79 Å². The predicted molar refractivity (Wildman–Crippen MR) is 84.5 cm³/mol. The van der Waals surface area contributed by atoms with Gasteiger partial charge in [-0.05, 0) is 25.5 Å². The average molecular weight is 295 g/mol. The number of carbonyl (C=O) groups is 1. The lowest BCUT2D eigenvalue weighted by Gasteiger charge is -2.10. The van der Waals surface area contributed by atoms with Gasteiger partial charge < -0.3 is 5.32 Å². The SMILES string of the molecule is CCCc1cc(Nc2cccc(C(C)=O)c2)n2ncnc2n1. The van der Waals surface area contributed by atoms with Crippen LogP contribution in [0.25, 0.3) is 5.78 Å². The highest BCUT2D eigenvalue weighted by atomic mass is 16.1. The number of fused-ring (bicyclic) bond motifs is 1. The molecule has 22 heavy (non-hydrogen) atoms. The Kier molecular flexibility index (Phi) is 3.82. The molecule has 0 unspecified atom stereocenters. The van der Waals surface area contributed by atoms with Crippen molar-refractivity contribution >= 4 is 23.1 Å². The molecule has 3 aromatic rings. The number of aromatic nitrogens is 4. The average Bonchev–Trinajstić information content (AvgIpc) is 2.96. The molecule has 0 bridgehead atoms. The summed E-state index contributed by atoms with van der Waals surface area (Å²) in [4.78, 5) is 20.1. The molecule has 6 heteroatoms. The Hall–Kier alpha value is -2.76. The Bertz CT molecular complexity index is 824. The van der Waals surface area contributed by atoms with E-state index in [-0.39, 0.29) is 5.78 Å². The fraction of sp³-hybridized carbons (Fsp3) is 0.250. The summed E-state index contributed by atoms with van der Waals surface area (Å²) in [5.74, 6) is 1.39. The molecule has 112 valence electrons. The molecule has 0 aliphatic heterocycles. The van der Waals surface area contributed by atoms with Crippen molar-refractivity contribution in [1.29, 1.82) is 0 Å². The number of nitrogens with one attached hydrogen (secondary N) is 1. The number of rotatable bonds is 5. The number of anilines is 2.